The molecule has 0 atom stereocenters. The first-order valence-corrected chi connectivity index (χ1v) is 6.14. The number of carbonyl (C=O) groups is 1. The van der Waals surface area contributed by atoms with Crippen LogP contribution in [0.15, 0.2) is 46.9 Å². The van der Waals surface area contributed by atoms with E-state index in [1.165, 1.54) is 30.3 Å². The van der Waals surface area contributed by atoms with Crippen LogP contribution in [0.4, 0.5) is 4.39 Å². The van der Waals surface area contributed by atoms with Gasteiger partial charge in [0.15, 0.2) is 0 Å². The molecular weight excluding hydrogens is 283 g/mol. The number of rotatable bonds is 2. The summed E-state index contributed by atoms with van der Waals surface area (Å²) >= 11 is 5.90. The Morgan fingerprint density at radius 1 is 1.15 bits per heavy atom. The van der Waals surface area contributed by atoms with E-state index in [1.54, 1.807) is 12.1 Å². The summed E-state index contributed by atoms with van der Waals surface area (Å²) in [6, 6.07) is 10.2. The number of furan rings is 1. The second-order valence-electron chi connectivity index (χ2n) is 4.33. The number of hydrogen-bond donors (Lipinski definition) is 1. The molecule has 3 aromatic rings. The molecular formula is C15H8ClFO3. The van der Waals surface area contributed by atoms with Gasteiger partial charge in [-0.25, -0.2) is 9.18 Å². The van der Waals surface area contributed by atoms with Gasteiger partial charge in [-0.1, -0.05) is 11.6 Å². The average Bonchev–Trinajstić information content (AvgIpc) is 2.80. The number of hydrogen-bond acceptors (Lipinski definition) is 2. The van der Waals surface area contributed by atoms with Crippen molar-refractivity contribution < 1.29 is 18.7 Å². The van der Waals surface area contributed by atoms with Gasteiger partial charge in [-0.05, 0) is 42.5 Å². The van der Waals surface area contributed by atoms with Gasteiger partial charge in [0.25, 0.3) is 0 Å². The van der Waals surface area contributed by atoms with Gasteiger partial charge in [0.1, 0.15) is 17.2 Å². The quantitative estimate of drug-likeness (QED) is 0.751. The first-order valence-electron chi connectivity index (χ1n) is 5.76. The first-order chi connectivity index (χ1) is 9.52. The summed E-state index contributed by atoms with van der Waals surface area (Å²) < 4.78 is 18.7. The van der Waals surface area contributed by atoms with Gasteiger partial charge in [0.05, 0.1) is 5.56 Å². The van der Waals surface area contributed by atoms with Gasteiger partial charge in [-0.2, -0.15) is 0 Å². The molecule has 1 heterocycles. The van der Waals surface area contributed by atoms with Crippen molar-refractivity contribution in [2.75, 3.05) is 0 Å². The number of carboxylic acid groups (broad SMARTS) is 1. The van der Waals surface area contributed by atoms with Gasteiger partial charge in [0, 0.05) is 16.0 Å². The summed E-state index contributed by atoms with van der Waals surface area (Å²) in [7, 11) is 0. The Morgan fingerprint density at radius 3 is 2.70 bits per heavy atom. The molecule has 0 saturated heterocycles. The highest BCUT2D eigenvalue weighted by atomic mass is 35.5. The van der Waals surface area contributed by atoms with Crippen LogP contribution in [0.5, 0.6) is 0 Å². The first kappa shape index (κ1) is 12.7. The normalized spacial score (nSPS) is 10.9. The summed E-state index contributed by atoms with van der Waals surface area (Å²) in [6.45, 7) is 0. The van der Waals surface area contributed by atoms with Crippen molar-refractivity contribution in [2.45, 2.75) is 0 Å². The summed E-state index contributed by atoms with van der Waals surface area (Å²) in [5.41, 5.74) is 1.13. The third-order valence-corrected chi connectivity index (χ3v) is 3.13. The van der Waals surface area contributed by atoms with E-state index in [0.717, 1.165) is 0 Å². The van der Waals surface area contributed by atoms with Crippen molar-refractivity contribution in [3.05, 3.63) is 58.9 Å². The van der Waals surface area contributed by atoms with Gasteiger partial charge < -0.3 is 9.52 Å². The van der Waals surface area contributed by atoms with Gasteiger partial charge in [-0.15, -0.1) is 0 Å². The van der Waals surface area contributed by atoms with E-state index in [9.17, 15) is 9.18 Å². The Bertz CT molecular complexity index is 823. The predicted octanol–water partition coefficient (Wildman–Crippen LogP) is 4.59. The van der Waals surface area contributed by atoms with E-state index in [0.29, 0.717) is 27.3 Å². The maximum absolute atomic E-state index is 13.1. The van der Waals surface area contributed by atoms with Crippen molar-refractivity contribution in [1.82, 2.24) is 0 Å². The lowest BCUT2D eigenvalue weighted by Gasteiger charge is -2.01. The highest BCUT2D eigenvalue weighted by Crippen LogP contribution is 2.30. The van der Waals surface area contributed by atoms with E-state index in [2.05, 4.69) is 0 Å². The zero-order chi connectivity index (χ0) is 14.3. The van der Waals surface area contributed by atoms with Gasteiger partial charge in [0.2, 0.25) is 0 Å². The second-order valence-corrected chi connectivity index (χ2v) is 4.76. The van der Waals surface area contributed by atoms with Gasteiger partial charge in [-0.3, -0.25) is 0 Å². The molecule has 0 spiro atoms. The van der Waals surface area contributed by atoms with Crippen molar-refractivity contribution in [3.63, 3.8) is 0 Å². The summed E-state index contributed by atoms with van der Waals surface area (Å²) in [4.78, 5) is 11.0. The number of benzene rings is 2. The van der Waals surface area contributed by atoms with Crippen LogP contribution in [0.2, 0.25) is 5.02 Å². The highest BCUT2D eigenvalue weighted by molar-refractivity contribution is 6.31. The Balaban J connectivity index is 2.17. The number of fused-ring (bicyclic) bond motifs is 1. The third-order valence-electron chi connectivity index (χ3n) is 2.91. The Kier molecular flexibility index (Phi) is 2.95. The SMILES string of the molecule is O=C(O)c1cc(Cl)cc(-c2cc3cc(F)ccc3o2)c1. The molecule has 0 saturated carbocycles. The topological polar surface area (TPSA) is 50.4 Å². The molecule has 3 nitrogen and oxygen atoms in total. The van der Waals surface area contributed by atoms with Crippen LogP contribution in [0.25, 0.3) is 22.3 Å². The molecule has 0 radical (unpaired) electrons. The Labute approximate surface area is 118 Å². The highest BCUT2D eigenvalue weighted by Gasteiger charge is 2.11. The van der Waals surface area contributed by atoms with Crippen LogP contribution in [-0.4, -0.2) is 11.1 Å². The molecule has 100 valence electrons. The largest absolute Gasteiger partial charge is 0.478 e. The van der Waals surface area contributed by atoms with Crippen LogP contribution >= 0.6 is 11.6 Å². The minimum atomic E-state index is -1.07. The summed E-state index contributed by atoms with van der Waals surface area (Å²) in [5.74, 6) is -0.992. The van der Waals surface area contributed by atoms with Crippen LogP contribution in [-0.2, 0) is 0 Å². The van der Waals surface area contributed by atoms with Crippen LogP contribution < -0.4 is 0 Å². The standard InChI is InChI=1S/C15H8ClFO3/c16-11-4-8(3-10(5-11)15(18)19)14-7-9-6-12(17)1-2-13(9)20-14/h1-7H,(H,18,19). The molecule has 0 aliphatic carbocycles. The van der Waals surface area contributed by atoms with Crippen LogP contribution in [0.3, 0.4) is 0 Å². The lowest BCUT2D eigenvalue weighted by molar-refractivity contribution is 0.0697. The van der Waals surface area contributed by atoms with Crippen LogP contribution in [0, 0.1) is 5.82 Å². The molecule has 0 unspecified atom stereocenters. The minimum Gasteiger partial charge on any atom is -0.478 e. The molecule has 0 aliphatic heterocycles. The minimum absolute atomic E-state index is 0.0686. The van der Waals surface area contributed by atoms with E-state index in [-0.39, 0.29) is 11.4 Å². The van der Waals surface area contributed by atoms with Crippen molar-refractivity contribution >= 4 is 28.5 Å². The Hall–Kier alpha value is -2.33. The molecule has 1 N–H and O–H groups in total. The maximum Gasteiger partial charge on any atom is 0.335 e. The smallest absolute Gasteiger partial charge is 0.335 e. The van der Waals surface area contributed by atoms with E-state index >= 15 is 0 Å². The summed E-state index contributed by atoms with van der Waals surface area (Å²) in [6.07, 6.45) is 0. The van der Waals surface area contributed by atoms with E-state index < -0.39 is 5.97 Å². The number of halogens is 2. The van der Waals surface area contributed by atoms with Gasteiger partial charge >= 0.3 is 5.97 Å². The molecule has 0 aliphatic rings. The fourth-order valence-corrected chi connectivity index (χ4v) is 2.25. The molecule has 20 heavy (non-hydrogen) atoms. The Morgan fingerprint density at radius 2 is 1.95 bits per heavy atom. The monoisotopic (exact) mass is 290 g/mol. The summed E-state index contributed by atoms with van der Waals surface area (Å²) in [5, 5.41) is 9.92. The fourth-order valence-electron chi connectivity index (χ4n) is 2.01. The average molecular weight is 291 g/mol. The van der Waals surface area contributed by atoms with Crippen molar-refractivity contribution in [2.24, 2.45) is 0 Å². The lowest BCUT2D eigenvalue weighted by Crippen LogP contribution is -1.96. The molecule has 1 aromatic heterocycles. The van der Waals surface area contributed by atoms with E-state index in [4.69, 9.17) is 21.1 Å². The van der Waals surface area contributed by atoms with Crippen molar-refractivity contribution in [3.8, 4) is 11.3 Å². The fraction of sp³-hybridized carbons (Fsp3) is 0. The molecule has 0 fully saturated rings. The molecule has 2 aromatic carbocycles. The van der Waals surface area contributed by atoms with Crippen molar-refractivity contribution in [1.29, 1.82) is 0 Å². The third kappa shape index (κ3) is 2.26. The van der Waals surface area contributed by atoms with E-state index in [1.807, 2.05) is 0 Å². The molecule has 0 bridgehead atoms. The number of aromatic carboxylic acids is 1. The molecule has 3 rings (SSSR count). The maximum atomic E-state index is 13.1. The lowest BCUT2D eigenvalue weighted by atomic mass is 10.1. The van der Waals surface area contributed by atoms with Crippen LogP contribution in [0.1, 0.15) is 10.4 Å². The second kappa shape index (κ2) is 4.65. The predicted molar refractivity (Wildman–Crippen MR) is 73.6 cm³/mol. The number of carboxylic acids is 1. The molecule has 5 heteroatoms. The zero-order valence-corrected chi connectivity index (χ0v) is 10.8. The molecule has 0 amide bonds. The zero-order valence-electron chi connectivity index (χ0n) is 10.1.